The van der Waals surface area contributed by atoms with Crippen molar-refractivity contribution in [3.63, 3.8) is 0 Å². The van der Waals surface area contributed by atoms with Gasteiger partial charge in [0, 0.05) is 6.04 Å². The fraction of sp³-hybridized carbons (Fsp3) is 0.400. The maximum Gasteiger partial charge on any atom is 0.0323 e. The van der Waals surface area contributed by atoms with E-state index in [0.29, 0.717) is 6.04 Å². The highest BCUT2D eigenvalue weighted by Crippen LogP contribution is 2.21. The molecule has 2 rings (SSSR count). The second kappa shape index (κ2) is 7.99. The molecule has 1 nitrogen and oxygen atoms in total. The third-order valence-electron chi connectivity index (χ3n) is 4.20. The van der Waals surface area contributed by atoms with Crippen LogP contribution in [0.2, 0.25) is 0 Å². The van der Waals surface area contributed by atoms with Crippen molar-refractivity contribution in [2.75, 3.05) is 6.54 Å². The zero-order valence-electron chi connectivity index (χ0n) is 13.5. The van der Waals surface area contributed by atoms with Gasteiger partial charge in [-0.2, -0.15) is 0 Å². The summed E-state index contributed by atoms with van der Waals surface area (Å²) < 4.78 is 0. The van der Waals surface area contributed by atoms with E-state index in [2.05, 4.69) is 74.6 Å². The SMILES string of the molecule is CCNC(CCc1ccccc1C)c1ccc(CC)cc1. The second-order valence-corrected chi connectivity index (χ2v) is 5.67. The van der Waals surface area contributed by atoms with Gasteiger partial charge in [0.05, 0.1) is 0 Å². The van der Waals surface area contributed by atoms with Crippen molar-refractivity contribution >= 4 is 0 Å². The Kier molecular flexibility index (Phi) is 6.01. The molecule has 0 radical (unpaired) electrons. The van der Waals surface area contributed by atoms with Gasteiger partial charge < -0.3 is 5.32 Å². The summed E-state index contributed by atoms with van der Waals surface area (Å²) in [4.78, 5) is 0. The van der Waals surface area contributed by atoms with Crippen molar-refractivity contribution < 1.29 is 0 Å². The van der Waals surface area contributed by atoms with E-state index in [1.165, 1.54) is 22.3 Å². The Morgan fingerprint density at radius 3 is 2.29 bits per heavy atom. The molecular formula is C20H27N. The van der Waals surface area contributed by atoms with E-state index >= 15 is 0 Å². The van der Waals surface area contributed by atoms with Crippen LogP contribution in [0.25, 0.3) is 0 Å². The number of aryl methyl sites for hydroxylation is 3. The number of hydrogen-bond donors (Lipinski definition) is 1. The highest BCUT2D eigenvalue weighted by Gasteiger charge is 2.11. The Bertz CT molecular complexity index is 542. The quantitative estimate of drug-likeness (QED) is 0.765. The molecule has 0 fully saturated rings. The van der Waals surface area contributed by atoms with Crippen LogP contribution in [-0.4, -0.2) is 6.54 Å². The molecule has 0 aromatic heterocycles. The molecule has 0 aliphatic heterocycles. The molecule has 21 heavy (non-hydrogen) atoms. The van der Waals surface area contributed by atoms with Crippen molar-refractivity contribution in [1.82, 2.24) is 5.32 Å². The maximum absolute atomic E-state index is 3.63. The molecule has 1 N–H and O–H groups in total. The van der Waals surface area contributed by atoms with Crippen LogP contribution in [0.3, 0.4) is 0 Å². The smallest absolute Gasteiger partial charge is 0.0323 e. The minimum atomic E-state index is 0.445. The highest BCUT2D eigenvalue weighted by atomic mass is 14.9. The molecule has 0 bridgehead atoms. The van der Waals surface area contributed by atoms with Gasteiger partial charge in [-0.25, -0.2) is 0 Å². The predicted octanol–water partition coefficient (Wildman–Crippen LogP) is 4.84. The third-order valence-corrected chi connectivity index (χ3v) is 4.20. The minimum Gasteiger partial charge on any atom is -0.310 e. The Morgan fingerprint density at radius 1 is 0.952 bits per heavy atom. The van der Waals surface area contributed by atoms with E-state index < -0.39 is 0 Å². The number of rotatable bonds is 7. The van der Waals surface area contributed by atoms with Crippen molar-refractivity contribution in [1.29, 1.82) is 0 Å². The fourth-order valence-electron chi connectivity index (χ4n) is 2.81. The second-order valence-electron chi connectivity index (χ2n) is 5.67. The first kappa shape index (κ1) is 15.8. The molecule has 0 spiro atoms. The average Bonchev–Trinajstić information content (AvgIpc) is 2.53. The van der Waals surface area contributed by atoms with Crippen LogP contribution >= 0.6 is 0 Å². The lowest BCUT2D eigenvalue weighted by atomic mass is 9.96. The van der Waals surface area contributed by atoms with E-state index in [1.54, 1.807) is 0 Å². The summed E-state index contributed by atoms with van der Waals surface area (Å²) >= 11 is 0. The van der Waals surface area contributed by atoms with Crippen LogP contribution in [-0.2, 0) is 12.8 Å². The first-order chi connectivity index (χ1) is 10.2. The number of nitrogens with one attached hydrogen (secondary N) is 1. The Morgan fingerprint density at radius 2 is 1.67 bits per heavy atom. The van der Waals surface area contributed by atoms with E-state index in [4.69, 9.17) is 0 Å². The van der Waals surface area contributed by atoms with Gasteiger partial charge in [0.1, 0.15) is 0 Å². The largest absolute Gasteiger partial charge is 0.310 e. The molecule has 0 aliphatic carbocycles. The van der Waals surface area contributed by atoms with Crippen LogP contribution in [0.4, 0.5) is 0 Å². The van der Waals surface area contributed by atoms with E-state index in [1.807, 2.05) is 0 Å². The normalized spacial score (nSPS) is 12.3. The van der Waals surface area contributed by atoms with Gasteiger partial charge in [-0.15, -0.1) is 0 Å². The summed E-state index contributed by atoms with van der Waals surface area (Å²) in [5.41, 5.74) is 5.68. The van der Waals surface area contributed by atoms with Crippen LogP contribution < -0.4 is 5.32 Å². The summed E-state index contributed by atoms with van der Waals surface area (Å²) in [7, 11) is 0. The van der Waals surface area contributed by atoms with Gasteiger partial charge in [0.25, 0.3) is 0 Å². The van der Waals surface area contributed by atoms with E-state index in [9.17, 15) is 0 Å². The molecular weight excluding hydrogens is 254 g/mol. The monoisotopic (exact) mass is 281 g/mol. The third kappa shape index (κ3) is 4.44. The Balaban J connectivity index is 2.06. The topological polar surface area (TPSA) is 12.0 Å². The van der Waals surface area contributed by atoms with Gasteiger partial charge in [-0.1, -0.05) is 62.4 Å². The Labute approximate surface area is 129 Å². The molecule has 0 saturated heterocycles. The summed E-state index contributed by atoms with van der Waals surface area (Å²) in [6, 6.07) is 18.2. The first-order valence-corrected chi connectivity index (χ1v) is 8.11. The highest BCUT2D eigenvalue weighted by molar-refractivity contribution is 5.28. The van der Waals surface area contributed by atoms with Gasteiger partial charge in [-0.05, 0) is 55.0 Å². The van der Waals surface area contributed by atoms with Gasteiger partial charge in [0.2, 0.25) is 0 Å². The summed E-state index contributed by atoms with van der Waals surface area (Å²) in [6.07, 6.45) is 3.37. The molecule has 0 saturated carbocycles. The Hall–Kier alpha value is -1.60. The maximum atomic E-state index is 3.63. The summed E-state index contributed by atoms with van der Waals surface area (Å²) in [5.74, 6) is 0. The molecule has 0 aliphatic rings. The molecule has 1 heteroatoms. The molecule has 0 heterocycles. The molecule has 2 aromatic carbocycles. The van der Waals surface area contributed by atoms with E-state index in [-0.39, 0.29) is 0 Å². The van der Waals surface area contributed by atoms with Crippen LogP contribution in [0.15, 0.2) is 48.5 Å². The molecule has 2 aromatic rings. The molecule has 1 atom stereocenters. The van der Waals surface area contributed by atoms with Gasteiger partial charge >= 0.3 is 0 Å². The van der Waals surface area contributed by atoms with Gasteiger partial charge in [0.15, 0.2) is 0 Å². The van der Waals surface area contributed by atoms with E-state index in [0.717, 1.165) is 25.8 Å². The van der Waals surface area contributed by atoms with Crippen molar-refractivity contribution in [3.8, 4) is 0 Å². The minimum absolute atomic E-state index is 0.445. The fourth-order valence-corrected chi connectivity index (χ4v) is 2.81. The lowest BCUT2D eigenvalue weighted by Gasteiger charge is -2.19. The molecule has 0 amide bonds. The summed E-state index contributed by atoms with van der Waals surface area (Å²) in [5, 5.41) is 3.63. The standard InChI is InChI=1S/C20H27N/c1-4-17-10-12-19(13-11-17)20(21-5-2)15-14-18-9-7-6-8-16(18)3/h6-13,20-21H,4-5,14-15H2,1-3H3. The number of benzene rings is 2. The lowest BCUT2D eigenvalue weighted by Crippen LogP contribution is -2.21. The van der Waals surface area contributed by atoms with Crippen LogP contribution in [0, 0.1) is 6.92 Å². The molecule has 112 valence electrons. The van der Waals surface area contributed by atoms with Crippen molar-refractivity contribution in [2.24, 2.45) is 0 Å². The van der Waals surface area contributed by atoms with Crippen LogP contribution in [0.1, 0.15) is 48.6 Å². The zero-order valence-corrected chi connectivity index (χ0v) is 13.5. The van der Waals surface area contributed by atoms with Crippen molar-refractivity contribution in [2.45, 2.75) is 46.1 Å². The lowest BCUT2D eigenvalue weighted by molar-refractivity contribution is 0.515. The summed E-state index contributed by atoms with van der Waals surface area (Å²) in [6.45, 7) is 7.59. The molecule has 1 unspecified atom stereocenters. The van der Waals surface area contributed by atoms with Crippen LogP contribution in [0.5, 0.6) is 0 Å². The van der Waals surface area contributed by atoms with Gasteiger partial charge in [-0.3, -0.25) is 0 Å². The zero-order chi connectivity index (χ0) is 15.1. The average molecular weight is 281 g/mol. The first-order valence-electron chi connectivity index (χ1n) is 8.11. The predicted molar refractivity (Wildman–Crippen MR) is 91.7 cm³/mol. The number of hydrogen-bond acceptors (Lipinski definition) is 1. The van der Waals surface area contributed by atoms with Crippen molar-refractivity contribution in [3.05, 3.63) is 70.8 Å².